The molecular formula is C18H23F2NO3S. The maximum atomic E-state index is 12.6. The van der Waals surface area contributed by atoms with Crippen molar-refractivity contribution in [2.75, 3.05) is 0 Å². The van der Waals surface area contributed by atoms with Gasteiger partial charge in [-0.15, -0.1) is 0 Å². The Morgan fingerprint density at radius 2 is 1.80 bits per heavy atom. The first kappa shape index (κ1) is 18.3. The summed E-state index contributed by atoms with van der Waals surface area (Å²) in [5, 5.41) is 3.07. The Hall–Kier alpha value is -1.50. The minimum atomic E-state index is -4.64. The van der Waals surface area contributed by atoms with E-state index in [0.29, 0.717) is 5.92 Å². The van der Waals surface area contributed by atoms with Gasteiger partial charge in [0.05, 0.1) is 4.90 Å². The molecular weight excluding hydrogens is 348 g/mol. The second-order valence-corrected chi connectivity index (χ2v) is 9.88. The van der Waals surface area contributed by atoms with E-state index in [2.05, 4.69) is 26.1 Å². The highest BCUT2D eigenvalue weighted by Gasteiger charge is 2.61. The van der Waals surface area contributed by atoms with Crippen LogP contribution in [0.2, 0.25) is 0 Å². The van der Waals surface area contributed by atoms with Gasteiger partial charge in [-0.25, -0.2) is 8.42 Å². The maximum absolute atomic E-state index is 12.6. The summed E-state index contributed by atoms with van der Waals surface area (Å²) in [6.07, 6.45) is 3.18. The summed E-state index contributed by atoms with van der Waals surface area (Å²) in [4.78, 5) is 12.0. The van der Waals surface area contributed by atoms with Gasteiger partial charge in [0.15, 0.2) is 0 Å². The van der Waals surface area contributed by atoms with Crippen molar-refractivity contribution in [1.82, 2.24) is 5.32 Å². The zero-order valence-corrected chi connectivity index (χ0v) is 15.4. The molecule has 2 saturated carbocycles. The molecule has 0 heterocycles. The monoisotopic (exact) mass is 371 g/mol. The SMILES string of the molecule is CC1(C)[C@@H]2CC[C@@]1(C)[C@@H](NC(=O)c1ccc(S(=O)(=O)C(F)F)cc1)C2. The van der Waals surface area contributed by atoms with Crippen LogP contribution in [-0.2, 0) is 9.84 Å². The molecule has 3 atom stereocenters. The van der Waals surface area contributed by atoms with Gasteiger partial charge in [-0.2, -0.15) is 8.78 Å². The summed E-state index contributed by atoms with van der Waals surface area (Å²) in [5.74, 6) is -3.18. The molecule has 2 bridgehead atoms. The predicted octanol–water partition coefficient (Wildman–Crippen LogP) is 3.63. The van der Waals surface area contributed by atoms with Gasteiger partial charge in [0.1, 0.15) is 0 Å². The van der Waals surface area contributed by atoms with Crippen LogP contribution in [0.4, 0.5) is 8.78 Å². The zero-order valence-electron chi connectivity index (χ0n) is 14.6. The van der Waals surface area contributed by atoms with E-state index < -0.39 is 20.5 Å². The second kappa shape index (κ2) is 5.76. The second-order valence-electron chi connectivity index (χ2n) is 7.97. The van der Waals surface area contributed by atoms with Gasteiger partial charge in [0.25, 0.3) is 5.91 Å². The largest absolute Gasteiger partial charge is 0.349 e. The third kappa shape index (κ3) is 2.67. The van der Waals surface area contributed by atoms with E-state index in [0.717, 1.165) is 25.0 Å². The molecule has 1 aromatic carbocycles. The van der Waals surface area contributed by atoms with Crippen LogP contribution in [0.1, 0.15) is 50.4 Å². The van der Waals surface area contributed by atoms with Crippen molar-refractivity contribution in [3.63, 3.8) is 0 Å². The molecule has 0 aromatic heterocycles. The lowest BCUT2D eigenvalue weighted by Crippen LogP contribution is -2.46. The standard InChI is InChI=1S/C18H23F2NO3S/c1-17(2)12-8-9-18(17,3)14(10-12)21-15(22)11-4-6-13(7-5-11)25(23,24)16(19)20/h4-7,12,14,16H,8-10H2,1-3H3,(H,21,22)/t12-,14+,18+/m1/s1. The summed E-state index contributed by atoms with van der Waals surface area (Å²) >= 11 is 0. The van der Waals surface area contributed by atoms with E-state index in [-0.39, 0.29) is 28.3 Å². The lowest BCUT2D eigenvalue weighted by molar-refractivity contribution is 0.0826. The minimum absolute atomic E-state index is 0.0340. The number of hydrogen-bond acceptors (Lipinski definition) is 3. The quantitative estimate of drug-likeness (QED) is 0.879. The number of rotatable bonds is 4. The molecule has 25 heavy (non-hydrogen) atoms. The van der Waals surface area contributed by atoms with Gasteiger partial charge in [-0.3, -0.25) is 4.79 Å². The van der Waals surface area contributed by atoms with Gasteiger partial charge < -0.3 is 5.32 Å². The number of alkyl halides is 2. The van der Waals surface area contributed by atoms with Crippen molar-refractivity contribution in [2.24, 2.45) is 16.7 Å². The van der Waals surface area contributed by atoms with Crippen LogP contribution in [0.25, 0.3) is 0 Å². The molecule has 1 amide bonds. The normalized spacial score (nSPS) is 30.6. The van der Waals surface area contributed by atoms with Crippen molar-refractivity contribution < 1.29 is 22.0 Å². The van der Waals surface area contributed by atoms with Gasteiger partial charge in [0.2, 0.25) is 9.84 Å². The van der Waals surface area contributed by atoms with E-state index in [1.54, 1.807) is 0 Å². The molecule has 0 aliphatic heterocycles. The van der Waals surface area contributed by atoms with Crippen molar-refractivity contribution >= 4 is 15.7 Å². The molecule has 0 radical (unpaired) electrons. The molecule has 0 unspecified atom stereocenters. The van der Waals surface area contributed by atoms with E-state index in [9.17, 15) is 22.0 Å². The van der Waals surface area contributed by atoms with E-state index >= 15 is 0 Å². The average molecular weight is 371 g/mol. The van der Waals surface area contributed by atoms with Crippen LogP contribution < -0.4 is 5.32 Å². The summed E-state index contributed by atoms with van der Waals surface area (Å²) in [6.45, 7) is 6.71. The van der Waals surface area contributed by atoms with Crippen LogP contribution in [-0.4, -0.2) is 26.1 Å². The summed E-state index contributed by atoms with van der Waals surface area (Å²) in [6, 6.07) is 4.75. The van der Waals surface area contributed by atoms with Crippen molar-refractivity contribution in [2.45, 2.75) is 56.7 Å². The number of hydrogen-bond donors (Lipinski definition) is 1. The lowest BCUT2D eigenvalue weighted by Gasteiger charge is -2.39. The fourth-order valence-electron chi connectivity index (χ4n) is 4.56. The van der Waals surface area contributed by atoms with Crippen LogP contribution >= 0.6 is 0 Å². The Labute approximate surface area is 146 Å². The highest BCUT2D eigenvalue weighted by Crippen LogP contribution is 2.65. The Balaban J connectivity index is 1.75. The molecule has 7 heteroatoms. The third-order valence-electron chi connectivity index (χ3n) is 6.78. The number of nitrogens with one attached hydrogen (secondary N) is 1. The van der Waals surface area contributed by atoms with Crippen molar-refractivity contribution in [1.29, 1.82) is 0 Å². The minimum Gasteiger partial charge on any atom is -0.349 e. The van der Waals surface area contributed by atoms with Gasteiger partial charge in [-0.1, -0.05) is 20.8 Å². The first-order valence-corrected chi connectivity index (χ1v) is 9.98. The zero-order chi connectivity index (χ0) is 18.6. The molecule has 2 fully saturated rings. The Kier molecular flexibility index (Phi) is 4.21. The molecule has 2 aliphatic rings. The van der Waals surface area contributed by atoms with E-state index in [4.69, 9.17) is 0 Å². The first-order chi connectivity index (χ1) is 11.5. The molecule has 138 valence electrons. The number of carbonyl (C=O) groups is 1. The summed E-state index contributed by atoms with van der Waals surface area (Å²) in [5.41, 5.74) is 0.476. The predicted molar refractivity (Wildman–Crippen MR) is 90.1 cm³/mol. The molecule has 4 nitrogen and oxygen atoms in total. The number of amides is 1. The van der Waals surface area contributed by atoms with Crippen molar-refractivity contribution in [3.05, 3.63) is 29.8 Å². The highest BCUT2D eigenvalue weighted by molar-refractivity contribution is 7.91. The fourth-order valence-corrected chi connectivity index (χ4v) is 5.28. The molecule has 0 spiro atoms. The number of halogens is 2. The highest BCUT2D eigenvalue weighted by atomic mass is 32.2. The molecule has 2 aliphatic carbocycles. The lowest BCUT2D eigenvalue weighted by atomic mass is 9.69. The van der Waals surface area contributed by atoms with Crippen molar-refractivity contribution in [3.8, 4) is 0 Å². The number of carbonyl (C=O) groups excluding carboxylic acids is 1. The Bertz CT molecular complexity index is 789. The number of fused-ring (bicyclic) bond motifs is 2. The Morgan fingerprint density at radius 1 is 1.20 bits per heavy atom. The molecule has 3 rings (SSSR count). The fraction of sp³-hybridized carbons (Fsp3) is 0.611. The molecule has 0 saturated heterocycles. The smallest absolute Gasteiger partial charge is 0.341 e. The van der Waals surface area contributed by atoms with Crippen LogP contribution in [0.15, 0.2) is 29.2 Å². The van der Waals surface area contributed by atoms with Gasteiger partial charge in [-0.05, 0) is 60.3 Å². The van der Waals surface area contributed by atoms with Crippen LogP contribution in [0.3, 0.4) is 0 Å². The van der Waals surface area contributed by atoms with E-state index in [1.165, 1.54) is 18.6 Å². The molecule has 1 N–H and O–H groups in total. The van der Waals surface area contributed by atoms with Crippen LogP contribution in [0.5, 0.6) is 0 Å². The maximum Gasteiger partial charge on any atom is 0.341 e. The van der Waals surface area contributed by atoms with Gasteiger partial charge >= 0.3 is 5.76 Å². The van der Waals surface area contributed by atoms with Crippen LogP contribution in [0, 0.1) is 16.7 Å². The summed E-state index contributed by atoms with van der Waals surface area (Å²) in [7, 11) is -4.64. The molecule has 1 aromatic rings. The average Bonchev–Trinajstić information content (AvgIpc) is 2.88. The first-order valence-electron chi connectivity index (χ1n) is 8.43. The van der Waals surface area contributed by atoms with E-state index in [1.807, 2.05) is 0 Å². The number of benzene rings is 1. The number of sulfone groups is 1. The topological polar surface area (TPSA) is 63.2 Å². The van der Waals surface area contributed by atoms with Gasteiger partial charge in [0, 0.05) is 11.6 Å². The Morgan fingerprint density at radius 3 is 2.24 bits per heavy atom. The third-order valence-corrected chi connectivity index (χ3v) is 8.18. The summed E-state index contributed by atoms with van der Waals surface area (Å²) < 4.78 is 48.0.